The van der Waals surface area contributed by atoms with E-state index >= 15 is 0 Å². The molecule has 0 aliphatic rings. The molecule has 0 aliphatic heterocycles. The van der Waals surface area contributed by atoms with Gasteiger partial charge >= 0.3 is 5.97 Å². The monoisotopic (exact) mass is 255 g/mol. The molecular formula is C16H17NO2. The molecule has 98 valence electrons. The van der Waals surface area contributed by atoms with E-state index in [1.807, 2.05) is 63.2 Å². The van der Waals surface area contributed by atoms with Gasteiger partial charge in [-0.1, -0.05) is 30.3 Å². The number of hydrogen-bond donors (Lipinski definition) is 0. The zero-order valence-electron chi connectivity index (χ0n) is 11.4. The highest BCUT2D eigenvalue weighted by Crippen LogP contribution is 2.20. The lowest BCUT2D eigenvalue weighted by atomic mass is 10.1. The average molecular weight is 255 g/mol. The predicted molar refractivity (Wildman–Crippen MR) is 77.9 cm³/mol. The summed E-state index contributed by atoms with van der Waals surface area (Å²) in [5.41, 5.74) is 0.247. The third kappa shape index (κ3) is 3.91. The first-order valence-corrected chi connectivity index (χ1v) is 6.20. The fourth-order valence-corrected chi connectivity index (χ4v) is 1.71. The molecule has 0 spiro atoms. The van der Waals surface area contributed by atoms with Crippen molar-refractivity contribution in [3.8, 4) is 0 Å². The van der Waals surface area contributed by atoms with Gasteiger partial charge in [-0.3, -0.25) is 0 Å². The van der Waals surface area contributed by atoms with Crippen molar-refractivity contribution in [2.24, 2.45) is 4.99 Å². The first-order chi connectivity index (χ1) is 8.94. The Labute approximate surface area is 112 Å². The highest BCUT2D eigenvalue weighted by atomic mass is 16.6. The molecule has 0 saturated heterocycles. The Kier molecular flexibility index (Phi) is 3.65. The van der Waals surface area contributed by atoms with Crippen LogP contribution in [-0.4, -0.2) is 17.8 Å². The van der Waals surface area contributed by atoms with Gasteiger partial charge in [0.05, 0.1) is 5.69 Å². The molecule has 3 heteroatoms. The van der Waals surface area contributed by atoms with Crippen molar-refractivity contribution >= 4 is 28.6 Å². The molecule has 3 nitrogen and oxygen atoms in total. The molecule has 0 fully saturated rings. The normalized spacial score (nSPS) is 11.9. The molecule has 0 bridgehead atoms. The number of hydrogen-bond acceptors (Lipinski definition) is 3. The SMILES string of the molecule is CC(C)(C)OC(=O)C=Nc1ccc2ccccc2c1. The molecule has 0 N–H and O–H groups in total. The topological polar surface area (TPSA) is 38.7 Å². The van der Waals surface area contributed by atoms with Crippen LogP contribution in [0.2, 0.25) is 0 Å². The van der Waals surface area contributed by atoms with Gasteiger partial charge in [0.1, 0.15) is 11.8 Å². The summed E-state index contributed by atoms with van der Waals surface area (Å²) in [4.78, 5) is 15.7. The maximum absolute atomic E-state index is 11.5. The van der Waals surface area contributed by atoms with E-state index in [2.05, 4.69) is 4.99 Å². The van der Waals surface area contributed by atoms with E-state index in [4.69, 9.17) is 4.74 Å². The lowest BCUT2D eigenvalue weighted by Gasteiger charge is -2.17. The summed E-state index contributed by atoms with van der Waals surface area (Å²) in [5, 5.41) is 2.25. The van der Waals surface area contributed by atoms with Gasteiger partial charge in [0.2, 0.25) is 0 Å². The third-order valence-electron chi connectivity index (χ3n) is 2.46. The molecule has 0 atom stereocenters. The number of benzene rings is 2. The van der Waals surface area contributed by atoms with Crippen molar-refractivity contribution in [3.63, 3.8) is 0 Å². The Morgan fingerprint density at radius 3 is 2.47 bits per heavy atom. The Morgan fingerprint density at radius 2 is 1.79 bits per heavy atom. The van der Waals surface area contributed by atoms with Gasteiger partial charge in [-0.25, -0.2) is 9.79 Å². The fourth-order valence-electron chi connectivity index (χ4n) is 1.71. The average Bonchev–Trinajstić information content (AvgIpc) is 2.34. The summed E-state index contributed by atoms with van der Waals surface area (Å²) in [6, 6.07) is 13.8. The Morgan fingerprint density at radius 1 is 1.11 bits per heavy atom. The minimum absolute atomic E-state index is 0.430. The lowest BCUT2D eigenvalue weighted by molar-refractivity contribution is -0.145. The van der Waals surface area contributed by atoms with Gasteiger partial charge in [0.25, 0.3) is 0 Å². The lowest BCUT2D eigenvalue weighted by Crippen LogP contribution is -2.24. The predicted octanol–water partition coefficient (Wildman–Crippen LogP) is 3.88. The van der Waals surface area contributed by atoms with Crippen molar-refractivity contribution < 1.29 is 9.53 Å². The number of ether oxygens (including phenoxy) is 1. The van der Waals surface area contributed by atoms with Crippen molar-refractivity contribution in [2.75, 3.05) is 0 Å². The summed E-state index contributed by atoms with van der Waals surface area (Å²) in [7, 11) is 0. The van der Waals surface area contributed by atoms with E-state index in [9.17, 15) is 4.79 Å². The summed E-state index contributed by atoms with van der Waals surface area (Å²) < 4.78 is 5.16. The van der Waals surface area contributed by atoms with Crippen molar-refractivity contribution in [2.45, 2.75) is 26.4 Å². The van der Waals surface area contributed by atoms with Crippen LogP contribution < -0.4 is 0 Å². The number of rotatable bonds is 2. The van der Waals surface area contributed by atoms with E-state index < -0.39 is 11.6 Å². The number of aliphatic imine (C=N–C) groups is 1. The number of carbonyl (C=O) groups is 1. The Hall–Kier alpha value is -2.16. The quantitative estimate of drug-likeness (QED) is 0.603. The van der Waals surface area contributed by atoms with Crippen LogP contribution in [0.3, 0.4) is 0 Å². The van der Waals surface area contributed by atoms with Gasteiger partial charge in [-0.15, -0.1) is 0 Å². The summed E-state index contributed by atoms with van der Waals surface area (Å²) >= 11 is 0. The molecule has 19 heavy (non-hydrogen) atoms. The van der Waals surface area contributed by atoms with Crippen LogP contribution >= 0.6 is 0 Å². The molecule has 2 aromatic rings. The minimum Gasteiger partial charge on any atom is -0.456 e. The number of nitrogens with zero attached hydrogens (tertiary/aromatic N) is 1. The molecule has 0 unspecified atom stereocenters. The number of carbonyl (C=O) groups excluding carboxylic acids is 1. The molecule has 0 aliphatic carbocycles. The maximum atomic E-state index is 11.5. The van der Waals surface area contributed by atoms with Crippen LogP contribution in [0.5, 0.6) is 0 Å². The molecule has 2 aromatic carbocycles. The standard InChI is InChI=1S/C16H17NO2/c1-16(2,3)19-15(18)11-17-14-9-8-12-6-4-5-7-13(12)10-14/h4-11H,1-3H3. The largest absolute Gasteiger partial charge is 0.456 e. The minimum atomic E-state index is -0.494. The second kappa shape index (κ2) is 5.22. The van der Waals surface area contributed by atoms with Gasteiger partial charge in [-0.05, 0) is 43.7 Å². The van der Waals surface area contributed by atoms with E-state index in [0.29, 0.717) is 0 Å². The van der Waals surface area contributed by atoms with Crippen LogP contribution in [0.1, 0.15) is 20.8 Å². The highest BCUT2D eigenvalue weighted by molar-refractivity contribution is 6.23. The van der Waals surface area contributed by atoms with Crippen molar-refractivity contribution in [1.29, 1.82) is 0 Å². The summed E-state index contributed by atoms with van der Waals surface area (Å²) in [6.45, 7) is 5.48. The van der Waals surface area contributed by atoms with Gasteiger partial charge in [0, 0.05) is 0 Å². The van der Waals surface area contributed by atoms with Crippen molar-refractivity contribution in [3.05, 3.63) is 42.5 Å². The van der Waals surface area contributed by atoms with Gasteiger partial charge in [0.15, 0.2) is 0 Å². The Bertz CT molecular complexity index is 624. The molecule has 0 amide bonds. The smallest absolute Gasteiger partial charge is 0.349 e. The van der Waals surface area contributed by atoms with Crippen LogP contribution in [0.4, 0.5) is 5.69 Å². The van der Waals surface area contributed by atoms with Gasteiger partial charge < -0.3 is 4.74 Å². The Balaban J connectivity index is 2.15. The van der Waals surface area contributed by atoms with Crippen molar-refractivity contribution in [1.82, 2.24) is 0 Å². The molecular weight excluding hydrogens is 238 g/mol. The molecule has 0 aromatic heterocycles. The van der Waals surface area contributed by atoms with Crippen LogP contribution in [0, 0.1) is 0 Å². The molecule has 2 rings (SSSR count). The highest BCUT2D eigenvalue weighted by Gasteiger charge is 2.14. The van der Waals surface area contributed by atoms with E-state index in [1.165, 1.54) is 6.21 Å². The zero-order chi connectivity index (χ0) is 13.9. The first-order valence-electron chi connectivity index (χ1n) is 6.20. The second-order valence-corrected chi connectivity index (χ2v) is 5.32. The van der Waals surface area contributed by atoms with Crippen LogP contribution in [0.15, 0.2) is 47.5 Å². The van der Waals surface area contributed by atoms with E-state index in [-0.39, 0.29) is 0 Å². The molecule has 0 radical (unpaired) electrons. The van der Waals surface area contributed by atoms with Crippen LogP contribution in [-0.2, 0) is 9.53 Å². The summed E-state index contributed by atoms with van der Waals surface area (Å²) in [6.07, 6.45) is 1.22. The zero-order valence-corrected chi connectivity index (χ0v) is 11.4. The number of esters is 1. The summed E-state index contributed by atoms with van der Waals surface area (Å²) in [5.74, 6) is -0.430. The van der Waals surface area contributed by atoms with E-state index in [1.54, 1.807) is 0 Å². The maximum Gasteiger partial charge on any atom is 0.349 e. The fraction of sp³-hybridized carbons (Fsp3) is 0.250. The molecule has 0 heterocycles. The third-order valence-corrected chi connectivity index (χ3v) is 2.46. The van der Waals surface area contributed by atoms with Gasteiger partial charge in [-0.2, -0.15) is 0 Å². The second-order valence-electron chi connectivity index (χ2n) is 5.32. The van der Waals surface area contributed by atoms with E-state index in [0.717, 1.165) is 16.5 Å². The first kappa shape index (κ1) is 13.3. The van der Waals surface area contributed by atoms with Crippen LogP contribution in [0.25, 0.3) is 10.8 Å². The number of fused-ring (bicyclic) bond motifs is 1. The molecule has 0 saturated carbocycles.